The third-order valence-electron chi connectivity index (χ3n) is 2.67. The number of hydrogen-bond donors (Lipinski definition) is 1. The molecule has 0 spiro atoms. The molecular formula is C12H14N2O2. The molecule has 1 aromatic carbocycles. The first-order valence-electron chi connectivity index (χ1n) is 5.23. The topological polar surface area (TPSA) is 49.4 Å². The summed E-state index contributed by atoms with van der Waals surface area (Å²) in [5.74, 6) is -0.353. The highest BCUT2D eigenvalue weighted by Gasteiger charge is 2.30. The van der Waals surface area contributed by atoms with E-state index in [4.69, 9.17) is 0 Å². The first-order chi connectivity index (χ1) is 7.63. The molecule has 1 N–H and O–H groups in total. The number of imide groups is 1. The molecule has 4 heteroatoms. The monoisotopic (exact) mass is 218 g/mol. The van der Waals surface area contributed by atoms with Gasteiger partial charge in [-0.15, -0.1) is 0 Å². The number of anilines is 1. The minimum Gasteiger partial charge on any atom is -0.316 e. The van der Waals surface area contributed by atoms with Crippen LogP contribution in [0, 0.1) is 0 Å². The van der Waals surface area contributed by atoms with E-state index < -0.39 is 0 Å². The third-order valence-corrected chi connectivity index (χ3v) is 2.67. The lowest BCUT2D eigenvalue weighted by molar-refractivity contribution is -0.124. The Kier molecular flexibility index (Phi) is 2.75. The van der Waals surface area contributed by atoms with Crippen LogP contribution in [0.25, 0.3) is 0 Å². The Bertz CT molecular complexity index is 454. The second-order valence-corrected chi connectivity index (χ2v) is 3.92. The Morgan fingerprint density at radius 2 is 2.25 bits per heavy atom. The molecule has 2 amide bonds. The molecule has 1 aliphatic heterocycles. The molecule has 0 aromatic heterocycles. The second-order valence-electron chi connectivity index (χ2n) is 3.92. The Morgan fingerprint density at radius 1 is 1.50 bits per heavy atom. The molecule has 1 aliphatic rings. The van der Waals surface area contributed by atoms with E-state index >= 15 is 0 Å². The van der Waals surface area contributed by atoms with Crippen molar-refractivity contribution >= 4 is 17.5 Å². The average molecular weight is 218 g/mol. The van der Waals surface area contributed by atoms with Crippen LogP contribution in [0.1, 0.15) is 18.1 Å². The zero-order valence-electron chi connectivity index (χ0n) is 9.41. The largest absolute Gasteiger partial charge is 0.316 e. The Morgan fingerprint density at radius 3 is 2.88 bits per heavy atom. The first kappa shape index (κ1) is 10.8. The van der Waals surface area contributed by atoms with E-state index in [0.29, 0.717) is 6.42 Å². The molecule has 0 radical (unpaired) electrons. The van der Waals surface area contributed by atoms with Crippen LogP contribution in [0.4, 0.5) is 5.69 Å². The molecule has 1 aromatic rings. The van der Waals surface area contributed by atoms with Crippen LogP contribution in [0.2, 0.25) is 0 Å². The van der Waals surface area contributed by atoms with Crippen LogP contribution in [0.3, 0.4) is 0 Å². The maximum absolute atomic E-state index is 11.6. The van der Waals surface area contributed by atoms with Crippen molar-refractivity contribution in [3.8, 4) is 0 Å². The van der Waals surface area contributed by atoms with Crippen molar-refractivity contribution in [1.29, 1.82) is 0 Å². The van der Waals surface area contributed by atoms with Gasteiger partial charge in [0.1, 0.15) is 0 Å². The smallest absolute Gasteiger partial charge is 0.238 e. The van der Waals surface area contributed by atoms with E-state index in [2.05, 4.69) is 5.32 Å². The van der Waals surface area contributed by atoms with Gasteiger partial charge in [0.25, 0.3) is 0 Å². The third kappa shape index (κ3) is 1.72. The predicted molar refractivity (Wildman–Crippen MR) is 61.1 cm³/mol. The zero-order valence-corrected chi connectivity index (χ0v) is 9.41. The van der Waals surface area contributed by atoms with Crippen LogP contribution in [0.5, 0.6) is 0 Å². The molecule has 4 nitrogen and oxygen atoms in total. The van der Waals surface area contributed by atoms with Crippen molar-refractivity contribution in [2.45, 2.75) is 19.9 Å². The molecule has 0 unspecified atom stereocenters. The number of fused-ring (bicyclic) bond motifs is 1. The summed E-state index contributed by atoms with van der Waals surface area (Å²) in [5.41, 5.74) is 2.80. The summed E-state index contributed by atoms with van der Waals surface area (Å²) in [6.07, 6.45) is 0.326. The Balaban J connectivity index is 2.38. The molecule has 0 saturated heterocycles. The van der Waals surface area contributed by atoms with Crippen molar-refractivity contribution in [1.82, 2.24) is 5.32 Å². The maximum atomic E-state index is 11.6. The standard InChI is InChI=1S/C12H14N2O2/c1-8(15)14-11-4-3-9(7-13-2)5-10(11)6-12(14)16/h3-5,13H,6-7H2,1-2H3. The lowest BCUT2D eigenvalue weighted by Crippen LogP contribution is -2.31. The van der Waals surface area contributed by atoms with Crippen LogP contribution < -0.4 is 10.2 Å². The van der Waals surface area contributed by atoms with Crippen LogP contribution in [0.15, 0.2) is 18.2 Å². The van der Waals surface area contributed by atoms with Crippen LogP contribution in [-0.4, -0.2) is 18.9 Å². The minimum absolute atomic E-state index is 0.135. The fourth-order valence-corrected chi connectivity index (χ4v) is 2.03. The number of carbonyl (C=O) groups excluding carboxylic acids is 2. The van der Waals surface area contributed by atoms with Gasteiger partial charge in [-0.05, 0) is 24.2 Å². The fraction of sp³-hybridized carbons (Fsp3) is 0.333. The van der Waals surface area contributed by atoms with Crippen molar-refractivity contribution in [2.24, 2.45) is 0 Å². The molecule has 1 heterocycles. The minimum atomic E-state index is -0.217. The number of amides is 2. The molecule has 84 valence electrons. The van der Waals surface area contributed by atoms with Gasteiger partial charge in [0.2, 0.25) is 11.8 Å². The predicted octanol–water partition coefficient (Wildman–Crippen LogP) is 0.842. The van der Waals surface area contributed by atoms with E-state index in [1.807, 2.05) is 25.2 Å². The Labute approximate surface area is 94.2 Å². The molecule has 0 aliphatic carbocycles. The number of rotatable bonds is 2. The molecule has 0 bridgehead atoms. The van der Waals surface area contributed by atoms with E-state index in [9.17, 15) is 9.59 Å². The maximum Gasteiger partial charge on any atom is 0.238 e. The molecule has 2 rings (SSSR count). The normalized spacial score (nSPS) is 14.1. The van der Waals surface area contributed by atoms with Gasteiger partial charge in [-0.3, -0.25) is 14.5 Å². The molecule has 0 atom stereocenters. The van der Waals surface area contributed by atoms with E-state index in [0.717, 1.165) is 23.4 Å². The summed E-state index contributed by atoms with van der Waals surface area (Å²) in [6, 6.07) is 5.75. The Hall–Kier alpha value is -1.68. The summed E-state index contributed by atoms with van der Waals surface area (Å²) in [5, 5.41) is 3.05. The number of benzene rings is 1. The van der Waals surface area contributed by atoms with Crippen LogP contribution in [-0.2, 0) is 22.6 Å². The van der Waals surface area contributed by atoms with Gasteiger partial charge in [0, 0.05) is 13.5 Å². The molecule has 16 heavy (non-hydrogen) atoms. The van der Waals surface area contributed by atoms with Crippen LogP contribution >= 0.6 is 0 Å². The lowest BCUT2D eigenvalue weighted by Gasteiger charge is -2.12. The van der Waals surface area contributed by atoms with E-state index in [1.165, 1.54) is 11.8 Å². The molecule has 0 saturated carbocycles. The summed E-state index contributed by atoms with van der Waals surface area (Å²) < 4.78 is 0. The number of nitrogens with one attached hydrogen (secondary N) is 1. The zero-order chi connectivity index (χ0) is 11.7. The quantitative estimate of drug-likeness (QED) is 0.800. The van der Waals surface area contributed by atoms with Crippen molar-refractivity contribution in [2.75, 3.05) is 11.9 Å². The SMILES string of the molecule is CNCc1ccc2c(c1)CC(=O)N2C(C)=O. The second kappa shape index (κ2) is 4.06. The number of nitrogens with zero attached hydrogens (tertiary/aromatic N) is 1. The van der Waals surface area contributed by atoms with Crippen molar-refractivity contribution < 1.29 is 9.59 Å². The van der Waals surface area contributed by atoms with Crippen molar-refractivity contribution in [3.05, 3.63) is 29.3 Å². The van der Waals surface area contributed by atoms with Gasteiger partial charge in [-0.2, -0.15) is 0 Å². The summed E-state index contributed by atoms with van der Waals surface area (Å²) in [7, 11) is 1.88. The van der Waals surface area contributed by atoms with Gasteiger partial charge >= 0.3 is 0 Å². The highest BCUT2D eigenvalue weighted by Crippen LogP contribution is 2.29. The highest BCUT2D eigenvalue weighted by molar-refractivity contribution is 6.18. The van der Waals surface area contributed by atoms with E-state index in [-0.39, 0.29) is 11.8 Å². The molecule has 0 fully saturated rings. The van der Waals surface area contributed by atoms with E-state index in [1.54, 1.807) is 0 Å². The lowest BCUT2D eigenvalue weighted by atomic mass is 10.1. The highest BCUT2D eigenvalue weighted by atomic mass is 16.2. The first-order valence-corrected chi connectivity index (χ1v) is 5.23. The summed E-state index contributed by atoms with van der Waals surface area (Å²) in [6.45, 7) is 2.18. The van der Waals surface area contributed by atoms with Gasteiger partial charge < -0.3 is 5.32 Å². The van der Waals surface area contributed by atoms with Crippen molar-refractivity contribution in [3.63, 3.8) is 0 Å². The van der Waals surface area contributed by atoms with Gasteiger partial charge in [-0.25, -0.2) is 0 Å². The average Bonchev–Trinajstić information content (AvgIpc) is 2.53. The summed E-state index contributed by atoms with van der Waals surface area (Å²) in [4.78, 5) is 24.2. The number of hydrogen-bond acceptors (Lipinski definition) is 3. The number of carbonyl (C=O) groups is 2. The van der Waals surface area contributed by atoms with Gasteiger partial charge in [0.15, 0.2) is 0 Å². The molecular weight excluding hydrogens is 204 g/mol. The summed E-state index contributed by atoms with van der Waals surface area (Å²) >= 11 is 0. The fourth-order valence-electron chi connectivity index (χ4n) is 2.03. The van der Waals surface area contributed by atoms with Gasteiger partial charge in [0.05, 0.1) is 12.1 Å². The van der Waals surface area contributed by atoms with Gasteiger partial charge in [-0.1, -0.05) is 12.1 Å².